The third-order valence-electron chi connectivity index (χ3n) is 3.63. The first-order valence-electron chi connectivity index (χ1n) is 7.28. The van der Waals surface area contributed by atoms with E-state index in [1.165, 1.54) is 25.2 Å². The molecule has 0 aromatic carbocycles. The van der Waals surface area contributed by atoms with Crippen LogP contribution in [-0.2, 0) is 6.54 Å². The molecule has 1 aliphatic rings. The number of pyridine rings is 1. The average molecular weight is 298 g/mol. The van der Waals surface area contributed by atoms with Gasteiger partial charge in [-0.05, 0) is 30.5 Å². The van der Waals surface area contributed by atoms with Crippen molar-refractivity contribution in [2.75, 3.05) is 23.7 Å². The van der Waals surface area contributed by atoms with E-state index in [4.69, 9.17) is 5.73 Å². The van der Waals surface area contributed by atoms with E-state index >= 15 is 0 Å². The quantitative estimate of drug-likeness (QED) is 0.873. The molecule has 0 radical (unpaired) electrons. The van der Waals surface area contributed by atoms with Gasteiger partial charge in [0.05, 0.1) is 0 Å². The SMILES string of the molecule is Nc1nccnc1C(=O)NCc1ccnc(N2CCCC2)c1. The second-order valence-electron chi connectivity index (χ2n) is 5.19. The first kappa shape index (κ1) is 14.2. The van der Waals surface area contributed by atoms with Crippen molar-refractivity contribution < 1.29 is 4.79 Å². The Labute approximate surface area is 128 Å². The number of aromatic nitrogens is 3. The molecule has 2 aromatic rings. The summed E-state index contributed by atoms with van der Waals surface area (Å²) in [6.45, 7) is 2.48. The minimum Gasteiger partial charge on any atom is -0.382 e. The molecule has 0 bridgehead atoms. The van der Waals surface area contributed by atoms with Crippen LogP contribution in [0.4, 0.5) is 11.6 Å². The predicted molar refractivity (Wildman–Crippen MR) is 83.3 cm³/mol. The second-order valence-corrected chi connectivity index (χ2v) is 5.19. The van der Waals surface area contributed by atoms with Crippen LogP contribution in [0.2, 0.25) is 0 Å². The Morgan fingerprint density at radius 2 is 1.95 bits per heavy atom. The molecule has 114 valence electrons. The van der Waals surface area contributed by atoms with Gasteiger partial charge >= 0.3 is 0 Å². The molecular weight excluding hydrogens is 280 g/mol. The van der Waals surface area contributed by atoms with Gasteiger partial charge in [0.2, 0.25) is 0 Å². The molecule has 22 heavy (non-hydrogen) atoms. The normalized spacial score (nSPS) is 14.1. The zero-order valence-corrected chi connectivity index (χ0v) is 12.2. The lowest BCUT2D eigenvalue weighted by molar-refractivity contribution is 0.0946. The summed E-state index contributed by atoms with van der Waals surface area (Å²) in [7, 11) is 0. The van der Waals surface area contributed by atoms with Crippen LogP contribution in [0.25, 0.3) is 0 Å². The van der Waals surface area contributed by atoms with Crippen molar-refractivity contribution in [3.63, 3.8) is 0 Å². The highest BCUT2D eigenvalue weighted by atomic mass is 16.1. The fraction of sp³-hybridized carbons (Fsp3) is 0.333. The Kier molecular flexibility index (Phi) is 4.13. The van der Waals surface area contributed by atoms with Crippen LogP contribution < -0.4 is 16.0 Å². The first-order valence-corrected chi connectivity index (χ1v) is 7.28. The number of amides is 1. The molecule has 0 atom stereocenters. The zero-order chi connectivity index (χ0) is 15.4. The second kappa shape index (κ2) is 6.38. The Balaban J connectivity index is 1.65. The number of nitrogens with zero attached hydrogens (tertiary/aromatic N) is 4. The van der Waals surface area contributed by atoms with Gasteiger partial charge in [-0.2, -0.15) is 0 Å². The number of rotatable bonds is 4. The van der Waals surface area contributed by atoms with Crippen molar-refractivity contribution in [3.05, 3.63) is 42.0 Å². The summed E-state index contributed by atoms with van der Waals surface area (Å²) in [5.41, 5.74) is 6.79. The van der Waals surface area contributed by atoms with Crippen LogP contribution in [0.15, 0.2) is 30.7 Å². The highest BCUT2D eigenvalue weighted by molar-refractivity contribution is 5.96. The number of anilines is 2. The van der Waals surface area contributed by atoms with Crippen molar-refractivity contribution in [2.45, 2.75) is 19.4 Å². The number of nitrogen functional groups attached to an aromatic ring is 1. The van der Waals surface area contributed by atoms with Gasteiger partial charge in [-0.1, -0.05) is 0 Å². The van der Waals surface area contributed by atoms with E-state index in [0.29, 0.717) is 6.54 Å². The summed E-state index contributed by atoms with van der Waals surface area (Å²) in [4.78, 5) is 26.5. The number of hydrogen-bond donors (Lipinski definition) is 2. The lowest BCUT2D eigenvalue weighted by Gasteiger charge is -2.17. The summed E-state index contributed by atoms with van der Waals surface area (Å²) < 4.78 is 0. The summed E-state index contributed by atoms with van der Waals surface area (Å²) >= 11 is 0. The van der Waals surface area contributed by atoms with Crippen LogP contribution in [0.3, 0.4) is 0 Å². The van der Waals surface area contributed by atoms with E-state index in [1.54, 1.807) is 6.20 Å². The van der Waals surface area contributed by atoms with E-state index in [9.17, 15) is 4.79 Å². The third-order valence-corrected chi connectivity index (χ3v) is 3.63. The largest absolute Gasteiger partial charge is 0.382 e. The topological polar surface area (TPSA) is 97.0 Å². The highest BCUT2D eigenvalue weighted by Crippen LogP contribution is 2.18. The minimum atomic E-state index is -0.329. The van der Waals surface area contributed by atoms with E-state index < -0.39 is 0 Å². The van der Waals surface area contributed by atoms with Crippen molar-refractivity contribution in [2.24, 2.45) is 0 Å². The van der Waals surface area contributed by atoms with E-state index in [0.717, 1.165) is 24.5 Å². The molecule has 1 aliphatic heterocycles. The van der Waals surface area contributed by atoms with Gasteiger partial charge in [0.25, 0.3) is 5.91 Å². The van der Waals surface area contributed by atoms with Gasteiger partial charge in [0.15, 0.2) is 11.5 Å². The molecule has 7 heteroatoms. The molecule has 2 aromatic heterocycles. The molecule has 0 saturated carbocycles. The van der Waals surface area contributed by atoms with Crippen molar-refractivity contribution in [3.8, 4) is 0 Å². The molecule has 3 heterocycles. The zero-order valence-electron chi connectivity index (χ0n) is 12.2. The Morgan fingerprint density at radius 3 is 2.73 bits per heavy atom. The maximum atomic E-state index is 12.1. The van der Waals surface area contributed by atoms with Gasteiger partial charge in [-0.15, -0.1) is 0 Å². The minimum absolute atomic E-state index is 0.132. The van der Waals surface area contributed by atoms with Gasteiger partial charge in [-0.3, -0.25) is 4.79 Å². The smallest absolute Gasteiger partial charge is 0.273 e. The van der Waals surface area contributed by atoms with E-state index in [-0.39, 0.29) is 17.4 Å². The lowest BCUT2D eigenvalue weighted by atomic mass is 10.2. The fourth-order valence-corrected chi connectivity index (χ4v) is 2.48. The van der Waals surface area contributed by atoms with Gasteiger partial charge < -0.3 is 16.0 Å². The lowest BCUT2D eigenvalue weighted by Crippen LogP contribution is -2.25. The Bertz CT molecular complexity index is 669. The molecule has 0 unspecified atom stereocenters. The molecule has 3 N–H and O–H groups in total. The van der Waals surface area contributed by atoms with Gasteiger partial charge in [-0.25, -0.2) is 15.0 Å². The fourth-order valence-electron chi connectivity index (χ4n) is 2.48. The number of nitrogens with one attached hydrogen (secondary N) is 1. The van der Waals surface area contributed by atoms with Crippen molar-refractivity contribution >= 4 is 17.5 Å². The first-order chi connectivity index (χ1) is 10.7. The number of hydrogen-bond acceptors (Lipinski definition) is 6. The third kappa shape index (κ3) is 3.13. The predicted octanol–water partition coefficient (Wildman–Crippen LogP) is 0.984. The van der Waals surface area contributed by atoms with Crippen LogP contribution in [0, 0.1) is 0 Å². The van der Waals surface area contributed by atoms with E-state index in [1.807, 2.05) is 12.1 Å². The van der Waals surface area contributed by atoms with Crippen molar-refractivity contribution in [1.82, 2.24) is 20.3 Å². The number of nitrogens with two attached hydrogens (primary N) is 1. The Hall–Kier alpha value is -2.70. The molecule has 1 fully saturated rings. The standard InChI is InChI=1S/C15H18N6O/c16-14-13(18-5-6-19-14)15(22)20-10-11-3-4-17-12(9-11)21-7-1-2-8-21/h3-6,9H,1-2,7-8,10H2,(H2,16,19)(H,20,22). The molecule has 1 saturated heterocycles. The van der Waals surface area contributed by atoms with Crippen LogP contribution in [0.1, 0.15) is 28.9 Å². The average Bonchev–Trinajstić information content (AvgIpc) is 3.08. The van der Waals surface area contributed by atoms with Gasteiger partial charge in [0, 0.05) is 38.2 Å². The highest BCUT2D eigenvalue weighted by Gasteiger charge is 2.14. The summed E-state index contributed by atoms with van der Waals surface area (Å²) in [5, 5.41) is 2.81. The Morgan fingerprint density at radius 1 is 1.18 bits per heavy atom. The molecule has 0 aliphatic carbocycles. The van der Waals surface area contributed by atoms with Crippen LogP contribution in [0.5, 0.6) is 0 Å². The molecular formula is C15H18N6O. The molecule has 0 spiro atoms. The molecule has 3 rings (SSSR count). The summed E-state index contributed by atoms with van der Waals surface area (Å²) in [6, 6.07) is 3.89. The monoisotopic (exact) mass is 298 g/mol. The van der Waals surface area contributed by atoms with Gasteiger partial charge in [0.1, 0.15) is 5.82 Å². The van der Waals surface area contributed by atoms with Crippen LogP contribution >= 0.6 is 0 Å². The number of carbonyl (C=O) groups is 1. The number of carbonyl (C=O) groups excluding carboxylic acids is 1. The maximum absolute atomic E-state index is 12.1. The molecule has 7 nitrogen and oxygen atoms in total. The van der Waals surface area contributed by atoms with E-state index in [2.05, 4.69) is 25.2 Å². The summed E-state index contributed by atoms with van der Waals surface area (Å²) in [6.07, 6.45) is 7.08. The van der Waals surface area contributed by atoms with Crippen LogP contribution in [-0.4, -0.2) is 33.9 Å². The summed E-state index contributed by atoms with van der Waals surface area (Å²) in [5.74, 6) is 0.765. The maximum Gasteiger partial charge on any atom is 0.273 e. The van der Waals surface area contributed by atoms with Crippen molar-refractivity contribution in [1.29, 1.82) is 0 Å². The molecule has 1 amide bonds.